The normalized spacial score (nSPS) is 13.1. The number of amides is 1. The Balaban J connectivity index is 2.01. The predicted molar refractivity (Wildman–Crippen MR) is 80.0 cm³/mol. The van der Waals surface area contributed by atoms with Gasteiger partial charge in [-0.05, 0) is 42.7 Å². The van der Waals surface area contributed by atoms with Gasteiger partial charge in [-0.1, -0.05) is 24.3 Å². The third-order valence-corrected chi connectivity index (χ3v) is 3.85. The molecule has 3 rings (SSSR count). The van der Waals surface area contributed by atoms with Gasteiger partial charge >= 0.3 is 5.97 Å². The fourth-order valence-electron chi connectivity index (χ4n) is 2.68. The van der Waals surface area contributed by atoms with Gasteiger partial charge in [0, 0.05) is 17.8 Å². The Hall–Kier alpha value is -2.62. The Morgan fingerprint density at radius 2 is 1.90 bits per heavy atom. The van der Waals surface area contributed by atoms with Gasteiger partial charge in [0.2, 0.25) is 0 Å². The molecule has 106 valence electrons. The van der Waals surface area contributed by atoms with Crippen LogP contribution in [0.1, 0.15) is 31.8 Å². The van der Waals surface area contributed by atoms with Crippen LogP contribution in [0.25, 0.3) is 0 Å². The number of carbonyl (C=O) groups excluding carboxylic acids is 1. The van der Waals surface area contributed by atoms with Crippen molar-refractivity contribution in [2.75, 3.05) is 11.4 Å². The lowest BCUT2D eigenvalue weighted by atomic mass is 10.1. The van der Waals surface area contributed by atoms with Gasteiger partial charge in [0.05, 0.1) is 5.56 Å². The fourth-order valence-corrected chi connectivity index (χ4v) is 2.68. The van der Waals surface area contributed by atoms with Crippen LogP contribution >= 0.6 is 0 Å². The Kier molecular flexibility index (Phi) is 3.22. The second-order valence-corrected chi connectivity index (χ2v) is 5.17. The summed E-state index contributed by atoms with van der Waals surface area (Å²) in [5, 5.41) is 9.10. The highest BCUT2D eigenvalue weighted by Gasteiger charge is 2.27. The summed E-state index contributed by atoms with van der Waals surface area (Å²) < 4.78 is 0. The molecule has 0 saturated carbocycles. The average molecular weight is 281 g/mol. The van der Waals surface area contributed by atoms with Crippen molar-refractivity contribution in [3.05, 3.63) is 64.7 Å². The summed E-state index contributed by atoms with van der Waals surface area (Å²) >= 11 is 0. The number of hydrogen-bond donors (Lipinski definition) is 1. The van der Waals surface area contributed by atoms with Crippen molar-refractivity contribution in [1.29, 1.82) is 0 Å². The minimum absolute atomic E-state index is 0.0746. The number of carbonyl (C=O) groups is 2. The fraction of sp³-hybridized carbons (Fsp3) is 0.176. The molecule has 0 bridgehead atoms. The number of anilines is 1. The van der Waals surface area contributed by atoms with Crippen molar-refractivity contribution < 1.29 is 14.7 Å². The zero-order valence-electron chi connectivity index (χ0n) is 11.7. The third kappa shape index (κ3) is 2.29. The van der Waals surface area contributed by atoms with Crippen LogP contribution in [0.2, 0.25) is 0 Å². The highest BCUT2D eigenvalue weighted by molar-refractivity contribution is 6.08. The number of aromatic carboxylic acids is 1. The number of aryl methyl sites for hydroxylation is 1. The number of benzene rings is 2. The highest BCUT2D eigenvalue weighted by atomic mass is 16.4. The molecule has 0 radical (unpaired) electrons. The molecule has 2 aromatic carbocycles. The maximum atomic E-state index is 12.7. The Labute approximate surface area is 122 Å². The van der Waals surface area contributed by atoms with Gasteiger partial charge in [-0.3, -0.25) is 4.79 Å². The number of nitrogens with zero attached hydrogens (tertiary/aromatic N) is 1. The smallest absolute Gasteiger partial charge is 0.335 e. The van der Waals surface area contributed by atoms with Gasteiger partial charge in [0.25, 0.3) is 5.91 Å². The first-order valence-corrected chi connectivity index (χ1v) is 6.81. The van der Waals surface area contributed by atoms with Gasteiger partial charge in [-0.2, -0.15) is 0 Å². The predicted octanol–water partition coefficient (Wildman–Crippen LogP) is 2.90. The third-order valence-electron chi connectivity index (χ3n) is 3.85. The summed E-state index contributed by atoms with van der Waals surface area (Å²) in [7, 11) is 0. The minimum atomic E-state index is -0.979. The van der Waals surface area contributed by atoms with Crippen molar-refractivity contribution in [3.8, 4) is 0 Å². The molecule has 1 N–H and O–H groups in total. The van der Waals surface area contributed by atoms with Crippen molar-refractivity contribution >= 4 is 17.6 Å². The van der Waals surface area contributed by atoms with Crippen LogP contribution in [-0.2, 0) is 6.42 Å². The van der Waals surface area contributed by atoms with Gasteiger partial charge in [-0.25, -0.2) is 4.79 Å². The summed E-state index contributed by atoms with van der Waals surface area (Å²) in [4.78, 5) is 25.5. The molecule has 1 aliphatic heterocycles. The molecule has 0 atom stereocenters. The standard InChI is InChI=1S/C17H15NO3/c1-11-4-2-3-5-14(11)16(19)18-9-8-12-6-7-13(17(20)21)10-15(12)18/h2-7,10H,8-9H2,1H3,(H,20,21). The minimum Gasteiger partial charge on any atom is -0.478 e. The maximum Gasteiger partial charge on any atom is 0.335 e. The summed E-state index contributed by atoms with van der Waals surface area (Å²) in [6, 6.07) is 12.4. The van der Waals surface area contributed by atoms with Gasteiger partial charge in [-0.15, -0.1) is 0 Å². The van der Waals surface area contributed by atoms with Crippen LogP contribution < -0.4 is 4.90 Å². The summed E-state index contributed by atoms with van der Waals surface area (Å²) in [5.41, 5.74) is 3.51. The Morgan fingerprint density at radius 3 is 2.62 bits per heavy atom. The molecular weight excluding hydrogens is 266 g/mol. The van der Waals surface area contributed by atoms with E-state index in [9.17, 15) is 9.59 Å². The molecular formula is C17H15NO3. The zero-order chi connectivity index (χ0) is 15.0. The van der Waals surface area contributed by atoms with Crippen molar-refractivity contribution in [2.45, 2.75) is 13.3 Å². The molecule has 0 fully saturated rings. The molecule has 21 heavy (non-hydrogen) atoms. The first-order valence-electron chi connectivity index (χ1n) is 6.81. The maximum absolute atomic E-state index is 12.7. The molecule has 1 aliphatic rings. The molecule has 0 unspecified atom stereocenters. The lowest BCUT2D eigenvalue weighted by molar-refractivity contribution is 0.0696. The second-order valence-electron chi connectivity index (χ2n) is 5.17. The first kappa shape index (κ1) is 13.4. The van der Waals surface area contributed by atoms with Crippen LogP contribution in [-0.4, -0.2) is 23.5 Å². The zero-order valence-corrected chi connectivity index (χ0v) is 11.7. The van der Waals surface area contributed by atoms with Crippen molar-refractivity contribution in [3.63, 3.8) is 0 Å². The van der Waals surface area contributed by atoms with Gasteiger partial charge in [0.1, 0.15) is 0 Å². The number of carboxylic acids is 1. The monoisotopic (exact) mass is 281 g/mol. The lowest BCUT2D eigenvalue weighted by Crippen LogP contribution is -2.29. The van der Waals surface area contributed by atoms with Crippen LogP contribution in [0, 0.1) is 6.92 Å². The summed E-state index contributed by atoms with van der Waals surface area (Å²) in [6.07, 6.45) is 0.757. The average Bonchev–Trinajstić information content (AvgIpc) is 2.90. The Bertz CT molecular complexity index is 737. The number of rotatable bonds is 2. The lowest BCUT2D eigenvalue weighted by Gasteiger charge is -2.18. The van der Waals surface area contributed by atoms with Crippen molar-refractivity contribution in [1.82, 2.24) is 0 Å². The largest absolute Gasteiger partial charge is 0.478 e. The number of fused-ring (bicyclic) bond motifs is 1. The van der Waals surface area contributed by atoms with E-state index in [4.69, 9.17) is 5.11 Å². The van der Waals surface area contributed by atoms with E-state index in [2.05, 4.69) is 0 Å². The quantitative estimate of drug-likeness (QED) is 0.920. The van der Waals surface area contributed by atoms with Crippen molar-refractivity contribution in [2.24, 2.45) is 0 Å². The molecule has 4 heteroatoms. The van der Waals surface area contributed by atoms with E-state index in [-0.39, 0.29) is 11.5 Å². The second kappa shape index (κ2) is 5.05. The van der Waals surface area contributed by atoms with Crippen LogP contribution in [0.3, 0.4) is 0 Å². The molecule has 2 aromatic rings. The van der Waals surface area contributed by atoms with E-state index in [0.29, 0.717) is 17.8 Å². The van der Waals surface area contributed by atoms with Crippen LogP contribution in [0.5, 0.6) is 0 Å². The Morgan fingerprint density at radius 1 is 1.14 bits per heavy atom. The number of carboxylic acid groups (broad SMARTS) is 1. The van der Waals surface area contributed by atoms with E-state index >= 15 is 0 Å². The molecule has 0 spiro atoms. The van der Waals surface area contributed by atoms with E-state index in [1.54, 1.807) is 29.2 Å². The van der Waals surface area contributed by atoms with E-state index in [0.717, 1.165) is 17.5 Å². The van der Waals surface area contributed by atoms with Crippen LogP contribution in [0.4, 0.5) is 5.69 Å². The molecule has 0 aliphatic carbocycles. The van der Waals surface area contributed by atoms with E-state index in [1.165, 1.54) is 0 Å². The molecule has 1 heterocycles. The number of hydrogen-bond acceptors (Lipinski definition) is 2. The molecule has 0 saturated heterocycles. The first-order chi connectivity index (χ1) is 10.1. The summed E-state index contributed by atoms with van der Waals surface area (Å²) in [6.45, 7) is 2.49. The molecule has 4 nitrogen and oxygen atoms in total. The highest BCUT2D eigenvalue weighted by Crippen LogP contribution is 2.30. The van der Waals surface area contributed by atoms with E-state index in [1.807, 2.05) is 25.1 Å². The molecule has 0 aromatic heterocycles. The van der Waals surface area contributed by atoms with Gasteiger partial charge in [0.15, 0.2) is 0 Å². The van der Waals surface area contributed by atoms with Crippen LogP contribution in [0.15, 0.2) is 42.5 Å². The van der Waals surface area contributed by atoms with Gasteiger partial charge < -0.3 is 10.0 Å². The SMILES string of the molecule is Cc1ccccc1C(=O)N1CCc2ccc(C(=O)O)cc21. The van der Waals surface area contributed by atoms with E-state index < -0.39 is 5.97 Å². The molecule has 1 amide bonds. The summed E-state index contributed by atoms with van der Waals surface area (Å²) in [5.74, 6) is -1.05. The topological polar surface area (TPSA) is 57.6 Å².